The molecule has 150 valence electrons. The first-order valence-electron chi connectivity index (χ1n) is 9.89. The van der Waals surface area contributed by atoms with Crippen molar-refractivity contribution in [3.05, 3.63) is 89.0 Å². The molecule has 4 rings (SSSR count). The summed E-state index contributed by atoms with van der Waals surface area (Å²) in [6.45, 7) is 5.68. The van der Waals surface area contributed by atoms with Crippen LogP contribution in [0.1, 0.15) is 40.3 Å². The molecule has 0 amide bonds. The standard InChI is InChI=1S/C23H26N4OS/c1-16-14-19(17(2)27(16)15-18-8-4-3-5-9-18)22-21(20-10-6-7-11-24-20)25-23(29)26(22)12-13-28/h3-11,14,21-22,28H,12-13,15H2,1-2H3,(H,25,29). The Morgan fingerprint density at radius 1 is 1.10 bits per heavy atom. The summed E-state index contributed by atoms with van der Waals surface area (Å²) in [7, 11) is 0. The molecule has 0 radical (unpaired) electrons. The van der Waals surface area contributed by atoms with E-state index in [0.29, 0.717) is 11.7 Å². The fraction of sp³-hybridized carbons (Fsp3) is 0.304. The van der Waals surface area contributed by atoms with E-state index >= 15 is 0 Å². The van der Waals surface area contributed by atoms with Crippen LogP contribution < -0.4 is 5.32 Å². The van der Waals surface area contributed by atoms with Gasteiger partial charge >= 0.3 is 0 Å². The molecule has 0 spiro atoms. The van der Waals surface area contributed by atoms with Crippen LogP contribution in [-0.4, -0.2) is 37.8 Å². The first kappa shape index (κ1) is 19.6. The Kier molecular flexibility index (Phi) is 5.65. The van der Waals surface area contributed by atoms with Gasteiger partial charge in [-0.2, -0.15) is 0 Å². The predicted molar refractivity (Wildman–Crippen MR) is 119 cm³/mol. The third kappa shape index (κ3) is 3.78. The van der Waals surface area contributed by atoms with Crippen LogP contribution in [0, 0.1) is 13.8 Å². The smallest absolute Gasteiger partial charge is 0.170 e. The highest BCUT2D eigenvalue weighted by Gasteiger charge is 2.40. The average molecular weight is 407 g/mol. The van der Waals surface area contributed by atoms with Gasteiger partial charge in [-0.1, -0.05) is 36.4 Å². The highest BCUT2D eigenvalue weighted by molar-refractivity contribution is 7.80. The van der Waals surface area contributed by atoms with E-state index in [4.69, 9.17) is 12.2 Å². The van der Waals surface area contributed by atoms with Gasteiger partial charge in [-0.15, -0.1) is 0 Å². The van der Waals surface area contributed by atoms with Crippen molar-refractivity contribution < 1.29 is 5.11 Å². The van der Waals surface area contributed by atoms with Crippen LogP contribution in [0.2, 0.25) is 0 Å². The van der Waals surface area contributed by atoms with Crippen molar-refractivity contribution in [2.45, 2.75) is 32.5 Å². The van der Waals surface area contributed by atoms with E-state index in [0.717, 1.165) is 12.2 Å². The van der Waals surface area contributed by atoms with E-state index in [1.165, 1.54) is 22.5 Å². The fourth-order valence-electron chi connectivity index (χ4n) is 4.23. The van der Waals surface area contributed by atoms with Crippen molar-refractivity contribution in [1.82, 2.24) is 19.8 Å². The van der Waals surface area contributed by atoms with Gasteiger partial charge in [0.05, 0.1) is 24.4 Å². The Labute approximate surface area is 177 Å². The Morgan fingerprint density at radius 3 is 2.55 bits per heavy atom. The summed E-state index contributed by atoms with van der Waals surface area (Å²) < 4.78 is 2.35. The fourth-order valence-corrected chi connectivity index (χ4v) is 4.56. The summed E-state index contributed by atoms with van der Waals surface area (Å²) in [5, 5.41) is 13.7. The number of benzene rings is 1. The third-order valence-corrected chi connectivity index (χ3v) is 6.01. The minimum absolute atomic E-state index is 0.0136. The molecule has 0 bridgehead atoms. The van der Waals surface area contributed by atoms with Crippen LogP contribution in [-0.2, 0) is 6.54 Å². The molecule has 2 unspecified atom stereocenters. The molecule has 2 atom stereocenters. The lowest BCUT2D eigenvalue weighted by Gasteiger charge is -2.27. The normalized spacial score (nSPS) is 18.9. The summed E-state index contributed by atoms with van der Waals surface area (Å²) in [6.07, 6.45) is 1.81. The van der Waals surface area contributed by atoms with E-state index in [1.807, 2.05) is 30.5 Å². The zero-order valence-corrected chi connectivity index (χ0v) is 17.6. The van der Waals surface area contributed by atoms with E-state index in [-0.39, 0.29) is 18.7 Å². The van der Waals surface area contributed by atoms with Crippen LogP contribution in [0.4, 0.5) is 0 Å². The molecule has 1 aliphatic rings. The second-order valence-electron chi connectivity index (χ2n) is 7.44. The molecule has 3 heterocycles. The van der Waals surface area contributed by atoms with E-state index in [9.17, 15) is 5.11 Å². The second-order valence-corrected chi connectivity index (χ2v) is 7.83. The molecule has 1 aromatic carbocycles. The zero-order valence-electron chi connectivity index (χ0n) is 16.7. The molecular formula is C23H26N4OS. The first-order valence-corrected chi connectivity index (χ1v) is 10.3. The lowest BCUT2D eigenvalue weighted by atomic mass is 9.97. The van der Waals surface area contributed by atoms with E-state index < -0.39 is 0 Å². The zero-order chi connectivity index (χ0) is 20.4. The minimum atomic E-state index is -0.0547. The summed E-state index contributed by atoms with van der Waals surface area (Å²) in [4.78, 5) is 6.66. The topological polar surface area (TPSA) is 53.3 Å². The number of thiocarbonyl (C=S) groups is 1. The number of hydrogen-bond donors (Lipinski definition) is 2. The molecule has 0 saturated carbocycles. The van der Waals surface area contributed by atoms with Gasteiger partial charge in [0.1, 0.15) is 0 Å². The number of nitrogens with zero attached hydrogens (tertiary/aromatic N) is 3. The van der Waals surface area contributed by atoms with Gasteiger partial charge in [-0.05, 0) is 55.4 Å². The van der Waals surface area contributed by atoms with E-state index in [2.05, 4.69) is 63.9 Å². The molecule has 2 aromatic heterocycles. The van der Waals surface area contributed by atoms with Crippen molar-refractivity contribution in [2.75, 3.05) is 13.2 Å². The SMILES string of the molecule is Cc1cc(C2C(c3ccccn3)NC(=S)N2CCO)c(C)n1Cc1ccccc1. The Hall–Kier alpha value is -2.70. The molecular weight excluding hydrogens is 380 g/mol. The number of aryl methyl sites for hydroxylation is 1. The molecule has 1 aliphatic heterocycles. The maximum atomic E-state index is 9.64. The number of hydrogen-bond acceptors (Lipinski definition) is 3. The number of pyridine rings is 1. The van der Waals surface area contributed by atoms with Crippen LogP contribution in [0.3, 0.4) is 0 Å². The van der Waals surface area contributed by atoms with Gasteiger partial charge in [0, 0.05) is 30.7 Å². The van der Waals surface area contributed by atoms with Crippen molar-refractivity contribution in [3.8, 4) is 0 Å². The Balaban J connectivity index is 1.75. The molecule has 2 N–H and O–H groups in total. The Bertz CT molecular complexity index is 987. The molecule has 5 nitrogen and oxygen atoms in total. The highest BCUT2D eigenvalue weighted by atomic mass is 32.1. The molecule has 1 fully saturated rings. The Morgan fingerprint density at radius 2 is 1.86 bits per heavy atom. The van der Waals surface area contributed by atoms with Gasteiger partial charge in [0.2, 0.25) is 0 Å². The average Bonchev–Trinajstić information content (AvgIpc) is 3.21. The van der Waals surface area contributed by atoms with Gasteiger partial charge in [0.25, 0.3) is 0 Å². The van der Waals surface area contributed by atoms with Gasteiger partial charge in [-0.3, -0.25) is 4.98 Å². The largest absolute Gasteiger partial charge is 0.395 e. The third-order valence-electron chi connectivity index (χ3n) is 5.65. The second kappa shape index (κ2) is 8.35. The van der Waals surface area contributed by atoms with Crippen LogP contribution in [0.15, 0.2) is 60.8 Å². The maximum Gasteiger partial charge on any atom is 0.170 e. The predicted octanol–water partition coefficient (Wildman–Crippen LogP) is 3.51. The molecule has 0 aliphatic carbocycles. The number of rotatable bonds is 6. The number of aliphatic hydroxyl groups is 1. The van der Waals surface area contributed by atoms with Crippen molar-refractivity contribution in [3.63, 3.8) is 0 Å². The van der Waals surface area contributed by atoms with Gasteiger partial charge in [0.15, 0.2) is 5.11 Å². The number of β-amino-alcohol motifs (C(OH)–C–C–N with tert-alkyl or cyclic N) is 1. The number of aromatic nitrogens is 2. The molecule has 29 heavy (non-hydrogen) atoms. The number of aliphatic hydroxyl groups excluding tert-OH is 1. The van der Waals surface area contributed by atoms with Crippen molar-refractivity contribution >= 4 is 17.3 Å². The summed E-state index contributed by atoms with van der Waals surface area (Å²) in [5.41, 5.74) is 5.87. The minimum Gasteiger partial charge on any atom is -0.395 e. The molecule has 3 aromatic rings. The van der Waals surface area contributed by atoms with Crippen LogP contribution >= 0.6 is 12.2 Å². The van der Waals surface area contributed by atoms with Crippen LogP contribution in [0.25, 0.3) is 0 Å². The number of nitrogens with one attached hydrogen (secondary N) is 1. The summed E-state index contributed by atoms with van der Waals surface area (Å²) >= 11 is 5.62. The lowest BCUT2D eigenvalue weighted by molar-refractivity contribution is 0.222. The van der Waals surface area contributed by atoms with Crippen molar-refractivity contribution in [1.29, 1.82) is 0 Å². The van der Waals surface area contributed by atoms with Crippen molar-refractivity contribution in [2.24, 2.45) is 0 Å². The lowest BCUT2D eigenvalue weighted by Crippen LogP contribution is -2.32. The van der Waals surface area contributed by atoms with Gasteiger partial charge < -0.3 is 19.9 Å². The highest BCUT2D eigenvalue weighted by Crippen LogP contribution is 2.40. The maximum absolute atomic E-state index is 9.64. The first-order chi connectivity index (χ1) is 14.1. The molecule has 1 saturated heterocycles. The van der Waals surface area contributed by atoms with Crippen LogP contribution in [0.5, 0.6) is 0 Å². The summed E-state index contributed by atoms with van der Waals surface area (Å²) in [6, 6.07) is 18.6. The monoisotopic (exact) mass is 406 g/mol. The summed E-state index contributed by atoms with van der Waals surface area (Å²) in [5.74, 6) is 0. The van der Waals surface area contributed by atoms with Gasteiger partial charge in [-0.25, -0.2) is 0 Å². The molecule has 6 heteroatoms. The quantitative estimate of drug-likeness (QED) is 0.614. The van der Waals surface area contributed by atoms with E-state index in [1.54, 1.807) is 0 Å².